The summed E-state index contributed by atoms with van der Waals surface area (Å²) >= 11 is 0. The number of imidazole rings is 1. The Bertz CT molecular complexity index is 759. The van der Waals surface area contributed by atoms with Gasteiger partial charge in [0, 0.05) is 6.26 Å². The molecular formula is C12H17N5O3S. The number of aromatic nitrogens is 4. The smallest absolute Gasteiger partial charge is 0.276 e. The lowest BCUT2D eigenvalue weighted by Gasteiger charge is -2.35. The molecular weight excluding hydrogens is 294 g/mol. The molecule has 0 aromatic carbocycles. The molecule has 8 nitrogen and oxygen atoms in total. The fraction of sp³-hybridized carbons (Fsp3) is 0.583. The van der Waals surface area contributed by atoms with Crippen molar-refractivity contribution in [1.82, 2.24) is 20.1 Å². The van der Waals surface area contributed by atoms with Gasteiger partial charge < -0.3 is 15.2 Å². The lowest BCUT2D eigenvalue weighted by Crippen LogP contribution is -2.44. The Morgan fingerprint density at radius 2 is 2.19 bits per heavy atom. The normalized spacial score (nSPS) is 19.2. The van der Waals surface area contributed by atoms with Crippen LogP contribution in [0.1, 0.15) is 43.1 Å². The molecule has 1 fully saturated rings. The zero-order chi connectivity index (χ0) is 15.3. The summed E-state index contributed by atoms with van der Waals surface area (Å²) in [5.74, 6) is 1.04. The number of nitrogens with one attached hydrogen (secondary N) is 1. The van der Waals surface area contributed by atoms with Crippen LogP contribution in [-0.2, 0) is 15.4 Å². The van der Waals surface area contributed by atoms with E-state index in [1.807, 2.05) is 0 Å². The monoisotopic (exact) mass is 311 g/mol. The molecule has 3 N–H and O–H groups in total. The first-order valence-electron chi connectivity index (χ1n) is 6.67. The molecule has 1 saturated carbocycles. The van der Waals surface area contributed by atoms with E-state index >= 15 is 0 Å². The molecule has 114 valence electrons. The largest absolute Gasteiger partial charge is 0.336 e. The molecule has 1 atom stereocenters. The molecule has 2 heterocycles. The van der Waals surface area contributed by atoms with Crippen molar-refractivity contribution in [2.75, 3.05) is 6.26 Å². The third-order valence-corrected chi connectivity index (χ3v) is 5.47. The van der Waals surface area contributed by atoms with E-state index in [4.69, 9.17) is 10.3 Å². The topological polar surface area (TPSA) is 128 Å². The van der Waals surface area contributed by atoms with Crippen LogP contribution in [0.2, 0.25) is 0 Å². The molecule has 1 aliphatic rings. The minimum absolute atomic E-state index is 0.134. The van der Waals surface area contributed by atoms with Gasteiger partial charge in [-0.25, -0.2) is 13.4 Å². The number of rotatable bonds is 4. The van der Waals surface area contributed by atoms with Crippen molar-refractivity contribution in [3.05, 3.63) is 17.8 Å². The third kappa shape index (κ3) is 2.46. The van der Waals surface area contributed by atoms with Crippen molar-refractivity contribution in [3.63, 3.8) is 0 Å². The zero-order valence-electron chi connectivity index (χ0n) is 11.8. The van der Waals surface area contributed by atoms with E-state index in [0.717, 1.165) is 25.5 Å². The van der Waals surface area contributed by atoms with Crippen LogP contribution in [0.4, 0.5) is 0 Å². The highest BCUT2D eigenvalue weighted by Gasteiger charge is 2.37. The average Bonchev–Trinajstić information content (AvgIpc) is 3.02. The van der Waals surface area contributed by atoms with E-state index < -0.39 is 20.6 Å². The summed E-state index contributed by atoms with van der Waals surface area (Å²) in [6.45, 7) is 1.52. The summed E-state index contributed by atoms with van der Waals surface area (Å²) in [6.07, 6.45) is 5.57. The molecule has 9 heteroatoms. The summed E-state index contributed by atoms with van der Waals surface area (Å²) in [5, 5.41) is 2.91. The SMILES string of the molecule is CC(c1noc(-c2cnc(C3(N)CCC3)[nH]2)n1)S(C)(=O)=O. The Balaban J connectivity index is 1.87. The molecule has 21 heavy (non-hydrogen) atoms. The molecule has 0 radical (unpaired) electrons. The Morgan fingerprint density at radius 3 is 2.76 bits per heavy atom. The fourth-order valence-corrected chi connectivity index (χ4v) is 2.66. The van der Waals surface area contributed by atoms with Gasteiger partial charge in [-0.05, 0) is 26.2 Å². The summed E-state index contributed by atoms with van der Waals surface area (Å²) in [6, 6.07) is 0. The van der Waals surface area contributed by atoms with Gasteiger partial charge in [0.05, 0.1) is 11.7 Å². The van der Waals surface area contributed by atoms with E-state index in [-0.39, 0.29) is 11.7 Å². The maximum absolute atomic E-state index is 11.5. The molecule has 2 aromatic rings. The van der Waals surface area contributed by atoms with E-state index in [2.05, 4.69) is 20.1 Å². The molecule has 1 aliphatic carbocycles. The Labute approximate surface area is 122 Å². The zero-order valence-corrected chi connectivity index (χ0v) is 12.6. The predicted molar refractivity (Wildman–Crippen MR) is 74.9 cm³/mol. The van der Waals surface area contributed by atoms with E-state index in [1.165, 1.54) is 6.92 Å². The van der Waals surface area contributed by atoms with Gasteiger partial charge in [-0.15, -0.1) is 0 Å². The molecule has 2 aromatic heterocycles. The van der Waals surface area contributed by atoms with Crippen LogP contribution in [0.25, 0.3) is 11.6 Å². The van der Waals surface area contributed by atoms with Crippen LogP contribution in [-0.4, -0.2) is 34.8 Å². The van der Waals surface area contributed by atoms with Crippen LogP contribution in [0.5, 0.6) is 0 Å². The lowest BCUT2D eigenvalue weighted by molar-refractivity contribution is 0.240. The van der Waals surface area contributed by atoms with Crippen molar-refractivity contribution < 1.29 is 12.9 Å². The van der Waals surface area contributed by atoms with Gasteiger partial charge in [0.15, 0.2) is 15.7 Å². The predicted octanol–water partition coefficient (Wildman–Crippen LogP) is 0.903. The van der Waals surface area contributed by atoms with Crippen molar-refractivity contribution >= 4 is 9.84 Å². The first-order valence-corrected chi connectivity index (χ1v) is 8.62. The van der Waals surface area contributed by atoms with E-state index in [0.29, 0.717) is 11.5 Å². The number of nitrogens with zero attached hydrogens (tertiary/aromatic N) is 3. The van der Waals surface area contributed by atoms with Gasteiger partial charge in [0.2, 0.25) is 0 Å². The lowest BCUT2D eigenvalue weighted by atomic mass is 9.77. The second-order valence-electron chi connectivity index (χ2n) is 5.58. The summed E-state index contributed by atoms with van der Waals surface area (Å²) in [4.78, 5) is 11.5. The van der Waals surface area contributed by atoms with E-state index in [9.17, 15) is 8.42 Å². The van der Waals surface area contributed by atoms with Gasteiger partial charge in [-0.3, -0.25) is 0 Å². The van der Waals surface area contributed by atoms with Crippen LogP contribution in [0.15, 0.2) is 10.7 Å². The minimum atomic E-state index is -3.27. The second-order valence-corrected chi connectivity index (χ2v) is 7.95. The van der Waals surface area contributed by atoms with Crippen LogP contribution in [0, 0.1) is 0 Å². The van der Waals surface area contributed by atoms with Crippen LogP contribution in [0.3, 0.4) is 0 Å². The molecule has 0 bridgehead atoms. The molecule has 0 aliphatic heterocycles. The first-order chi connectivity index (χ1) is 9.79. The van der Waals surface area contributed by atoms with Gasteiger partial charge in [0.1, 0.15) is 16.8 Å². The van der Waals surface area contributed by atoms with Crippen molar-refractivity contribution in [3.8, 4) is 11.6 Å². The summed E-state index contributed by atoms with van der Waals surface area (Å²) < 4.78 is 28.1. The van der Waals surface area contributed by atoms with Gasteiger partial charge >= 0.3 is 0 Å². The molecule has 0 spiro atoms. The van der Waals surface area contributed by atoms with Crippen LogP contribution >= 0.6 is 0 Å². The quantitative estimate of drug-likeness (QED) is 0.858. The van der Waals surface area contributed by atoms with Crippen molar-refractivity contribution in [2.45, 2.75) is 37.0 Å². The molecule has 0 saturated heterocycles. The Kier molecular flexibility index (Phi) is 3.14. The van der Waals surface area contributed by atoms with Gasteiger partial charge in [-0.2, -0.15) is 4.98 Å². The Hall–Kier alpha value is -1.74. The van der Waals surface area contributed by atoms with Crippen molar-refractivity contribution in [2.24, 2.45) is 5.73 Å². The van der Waals surface area contributed by atoms with E-state index in [1.54, 1.807) is 6.20 Å². The number of hydrogen-bond acceptors (Lipinski definition) is 7. The molecule has 0 amide bonds. The number of aromatic amines is 1. The summed E-state index contributed by atoms with van der Waals surface area (Å²) in [5.41, 5.74) is 6.33. The highest BCUT2D eigenvalue weighted by Crippen LogP contribution is 2.37. The second kappa shape index (κ2) is 4.63. The number of hydrogen-bond donors (Lipinski definition) is 2. The fourth-order valence-electron chi connectivity index (χ4n) is 2.18. The average molecular weight is 311 g/mol. The highest BCUT2D eigenvalue weighted by atomic mass is 32.2. The Morgan fingerprint density at radius 1 is 1.48 bits per heavy atom. The number of sulfone groups is 1. The maximum Gasteiger partial charge on any atom is 0.276 e. The minimum Gasteiger partial charge on any atom is -0.336 e. The maximum atomic E-state index is 11.5. The number of H-pyrrole nitrogens is 1. The summed E-state index contributed by atoms with van der Waals surface area (Å²) in [7, 11) is -3.27. The van der Waals surface area contributed by atoms with Gasteiger partial charge in [-0.1, -0.05) is 5.16 Å². The molecule has 1 unspecified atom stereocenters. The van der Waals surface area contributed by atoms with Crippen molar-refractivity contribution in [1.29, 1.82) is 0 Å². The molecule has 3 rings (SSSR count). The number of nitrogens with two attached hydrogens (primary N) is 1. The van der Waals surface area contributed by atoms with Gasteiger partial charge in [0.25, 0.3) is 5.89 Å². The first kappa shape index (κ1) is 14.2. The van der Waals surface area contributed by atoms with Crippen LogP contribution < -0.4 is 5.73 Å². The highest BCUT2D eigenvalue weighted by molar-refractivity contribution is 7.90. The third-order valence-electron chi connectivity index (χ3n) is 3.97. The standard InChI is InChI=1S/C12H17N5O3S/c1-7(21(2,18)19)9-16-10(20-17-9)8-6-14-11(15-8)12(13)4-3-5-12/h6-7H,3-5,13H2,1-2H3,(H,14,15).